The summed E-state index contributed by atoms with van der Waals surface area (Å²) in [4.78, 5) is 25.0. The van der Waals surface area contributed by atoms with E-state index in [-0.39, 0.29) is 33.7 Å². The van der Waals surface area contributed by atoms with Gasteiger partial charge in [-0.15, -0.1) is 0 Å². The van der Waals surface area contributed by atoms with E-state index >= 15 is 0 Å². The van der Waals surface area contributed by atoms with E-state index in [2.05, 4.69) is 0 Å². The Hall–Kier alpha value is -5.95. The van der Waals surface area contributed by atoms with Crippen LogP contribution in [0.2, 0.25) is 0 Å². The fourth-order valence-electron chi connectivity index (χ4n) is 5.10. The van der Waals surface area contributed by atoms with Crippen molar-refractivity contribution in [2.24, 2.45) is 0 Å². The third-order valence-electron chi connectivity index (χ3n) is 8.06. The number of sulfonamides is 1. The number of anilines is 1. The Labute approximate surface area is 311 Å². The van der Waals surface area contributed by atoms with Crippen LogP contribution in [0, 0.1) is 58.2 Å². The van der Waals surface area contributed by atoms with Crippen LogP contribution in [-0.2, 0) is 39.3 Å². The summed E-state index contributed by atoms with van der Waals surface area (Å²) in [6, 6.07) is 19.4. The zero-order chi connectivity index (χ0) is 41.1. The first-order valence-electron chi connectivity index (χ1n) is 15.8. The molecule has 0 aliphatic heterocycles. The quantitative estimate of drug-likeness (QED) is 0.0521. The van der Waals surface area contributed by atoms with Crippen LogP contribution in [0.3, 0.4) is 0 Å². The van der Waals surface area contributed by atoms with E-state index < -0.39 is 109 Å². The topological polar surface area (TPSA) is 93.2 Å². The average Bonchev–Trinajstić information content (AvgIpc) is 3.19. The Kier molecular flexibility index (Phi) is 12.4. The number of amides is 1. The van der Waals surface area contributed by atoms with Gasteiger partial charge < -0.3 is 14.4 Å². The Morgan fingerprint density at radius 3 is 1.59 bits per heavy atom. The SMILES string of the molecule is CN(CC(=O)N(Cc1c(F)c(F)c(F)c(F)c1F)c1ccc(C(=O)OCc2ccccc2)c(OCc2ccccc2)c1)S(=O)(=O)c1c(F)c(F)c(F)c(F)c1F. The number of hydrogen-bond donors (Lipinski definition) is 0. The number of esters is 1. The summed E-state index contributed by atoms with van der Waals surface area (Å²) in [5, 5.41) is 0. The summed E-state index contributed by atoms with van der Waals surface area (Å²) in [5.74, 6) is -28.7. The lowest BCUT2D eigenvalue weighted by atomic mass is 10.1. The maximum Gasteiger partial charge on any atom is 0.342 e. The van der Waals surface area contributed by atoms with Crippen molar-refractivity contribution in [2.45, 2.75) is 24.7 Å². The van der Waals surface area contributed by atoms with E-state index in [4.69, 9.17) is 9.47 Å². The predicted octanol–water partition coefficient (Wildman–Crippen LogP) is 7.87. The number of halogens is 10. The average molecular weight is 815 g/mol. The second kappa shape index (κ2) is 16.8. The number of carbonyl (C=O) groups excluding carboxylic acids is 2. The van der Waals surface area contributed by atoms with Crippen molar-refractivity contribution >= 4 is 27.6 Å². The molecule has 19 heteroatoms. The van der Waals surface area contributed by atoms with Gasteiger partial charge in [-0.05, 0) is 23.3 Å². The minimum atomic E-state index is -5.79. The molecule has 0 aliphatic rings. The maximum absolute atomic E-state index is 15.0. The number of hydrogen-bond acceptors (Lipinski definition) is 6. The van der Waals surface area contributed by atoms with Gasteiger partial charge in [-0.1, -0.05) is 60.7 Å². The number of rotatable bonds is 13. The van der Waals surface area contributed by atoms with Crippen molar-refractivity contribution in [3.63, 3.8) is 0 Å². The van der Waals surface area contributed by atoms with Crippen molar-refractivity contribution in [2.75, 3.05) is 18.5 Å². The van der Waals surface area contributed by atoms with Gasteiger partial charge in [0.25, 0.3) is 0 Å². The molecule has 0 spiro atoms. The Bertz CT molecular complexity index is 2360. The van der Waals surface area contributed by atoms with Crippen molar-refractivity contribution in [1.82, 2.24) is 4.31 Å². The van der Waals surface area contributed by atoms with Gasteiger partial charge in [0.15, 0.2) is 51.4 Å². The monoisotopic (exact) mass is 814 g/mol. The molecule has 56 heavy (non-hydrogen) atoms. The van der Waals surface area contributed by atoms with Crippen molar-refractivity contribution in [3.8, 4) is 5.75 Å². The molecule has 0 radical (unpaired) electrons. The molecule has 0 bridgehead atoms. The summed E-state index contributed by atoms with van der Waals surface area (Å²) in [7, 11) is -5.33. The normalized spacial score (nSPS) is 11.5. The molecular formula is C37H24F10N2O6S. The highest BCUT2D eigenvalue weighted by Gasteiger charge is 2.38. The molecule has 0 heterocycles. The first-order valence-corrected chi connectivity index (χ1v) is 17.2. The van der Waals surface area contributed by atoms with Gasteiger partial charge >= 0.3 is 5.97 Å². The standard InChI is InChI=1S/C37H24F10N2O6S/c1-48(56(52,53)36-34(46)32(44)31(43)33(45)35(36)47)16-25(50)49(15-23-26(38)28(40)30(42)29(41)27(23)39)21-12-13-22(37(51)55-18-20-10-6-3-7-11-20)24(14-21)54-17-19-8-4-2-5-9-19/h2-14H,15-18H2,1H3. The van der Waals surface area contributed by atoms with Gasteiger partial charge in [-0.3, -0.25) is 4.79 Å². The molecule has 8 nitrogen and oxygen atoms in total. The van der Waals surface area contributed by atoms with E-state index in [1.807, 2.05) is 0 Å². The van der Waals surface area contributed by atoms with Gasteiger partial charge in [0.05, 0.1) is 13.1 Å². The molecule has 5 rings (SSSR count). The number of ether oxygens (including phenoxy) is 2. The molecule has 1 amide bonds. The van der Waals surface area contributed by atoms with Gasteiger partial charge in [-0.2, -0.15) is 4.31 Å². The highest BCUT2D eigenvalue weighted by molar-refractivity contribution is 7.89. The summed E-state index contributed by atoms with van der Waals surface area (Å²) in [6.45, 7) is -3.62. The lowest BCUT2D eigenvalue weighted by molar-refractivity contribution is -0.118. The smallest absolute Gasteiger partial charge is 0.342 e. The molecule has 0 atom stereocenters. The first kappa shape index (κ1) is 41.2. The Morgan fingerprint density at radius 1 is 0.607 bits per heavy atom. The molecule has 0 fully saturated rings. The lowest BCUT2D eigenvalue weighted by Crippen LogP contribution is -2.42. The van der Waals surface area contributed by atoms with Crippen LogP contribution >= 0.6 is 0 Å². The third-order valence-corrected chi connectivity index (χ3v) is 9.88. The molecule has 0 N–H and O–H groups in total. The lowest BCUT2D eigenvalue weighted by Gasteiger charge is -2.27. The molecule has 0 unspecified atom stereocenters. The van der Waals surface area contributed by atoms with Crippen molar-refractivity contribution in [1.29, 1.82) is 0 Å². The number of nitrogens with zero attached hydrogens (tertiary/aromatic N) is 2. The van der Waals surface area contributed by atoms with Crippen molar-refractivity contribution < 1.29 is 71.4 Å². The van der Waals surface area contributed by atoms with Crippen molar-refractivity contribution in [3.05, 3.63) is 159 Å². The minimum absolute atomic E-state index is 0.193. The predicted molar refractivity (Wildman–Crippen MR) is 176 cm³/mol. The summed E-state index contributed by atoms with van der Waals surface area (Å²) in [5.41, 5.74) is -1.33. The van der Waals surface area contributed by atoms with Crippen LogP contribution in [0.5, 0.6) is 5.75 Å². The van der Waals surface area contributed by atoms with E-state index in [9.17, 15) is 61.9 Å². The summed E-state index contributed by atoms with van der Waals surface area (Å²) >= 11 is 0. The maximum atomic E-state index is 15.0. The molecule has 5 aromatic carbocycles. The second-order valence-electron chi connectivity index (χ2n) is 11.7. The zero-order valence-corrected chi connectivity index (χ0v) is 29.2. The Balaban J connectivity index is 1.59. The van der Waals surface area contributed by atoms with Crippen LogP contribution < -0.4 is 9.64 Å². The van der Waals surface area contributed by atoms with Crippen LogP contribution in [0.1, 0.15) is 27.0 Å². The Morgan fingerprint density at radius 2 is 1.07 bits per heavy atom. The fourth-order valence-corrected chi connectivity index (χ4v) is 6.33. The van der Waals surface area contributed by atoms with Gasteiger partial charge in [0.1, 0.15) is 24.5 Å². The van der Waals surface area contributed by atoms with E-state index in [0.29, 0.717) is 18.2 Å². The van der Waals surface area contributed by atoms with E-state index in [1.165, 1.54) is 0 Å². The number of benzene rings is 5. The molecule has 5 aromatic rings. The summed E-state index contributed by atoms with van der Waals surface area (Å²) < 4.78 is 180. The van der Waals surface area contributed by atoms with Crippen LogP contribution in [-0.4, -0.2) is 38.2 Å². The van der Waals surface area contributed by atoms with Gasteiger partial charge in [0, 0.05) is 24.4 Å². The van der Waals surface area contributed by atoms with Gasteiger partial charge in [0.2, 0.25) is 27.6 Å². The van der Waals surface area contributed by atoms with Gasteiger partial charge in [-0.25, -0.2) is 57.1 Å². The highest BCUT2D eigenvalue weighted by atomic mass is 32.2. The number of carbonyl (C=O) groups is 2. The van der Waals surface area contributed by atoms with Crippen LogP contribution in [0.25, 0.3) is 0 Å². The third kappa shape index (κ3) is 8.32. The molecule has 0 aliphatic carbocycles. The largest absolute Gasteiger partial charge is 0.488 e. The molecule has 294 valence electrons. The summed E-state index contributed by atoms with van der Waals surface area (Å²) in [6.07, 6.45) is 0. The molecule has 0 saturated heterocycles. The highest BCUT2D eigenvalue weighted by Crippen LogP contribution is 2.33. The van der Waals surface area contributed by atoms with Crippen LogP contribution in [0.4, 0.5) is 49.6 Å². The molecular weight excluding hydrogens is 790 g/mol. The van der Waals surface area contributed by atoms with E-state index in [0.717, 1.165) is 18.2 Å². The number of likely N-dealkylation sites (N-methyl/N-ethyl adjacent to an activating group) is 1. The minimum Gasteiger partial charge on any atom is -0.488 e. The van der Waals surface area contributed by atoms with E-state index in [1.54, 1.807) is 60.7 Å². The fraction of sp³-hybridized carbons (Fsp3) is 0.135. The molecule has 0 aromatic heterocycles. The zero-order valence-electron chi connectivity index (χ0n) is 28.4. The second-order valence-corrected chi connectivity index (χ2v) is 13.7. The first-order chi connectivity index (χ1) is 26.4. The molecule has 0 saturated carbocycles. The van der Waals surface area contributed by atoms with Crippen LogP contribution in [0.15, 0.2) is 83.8 Å².